The van der Waals surface area contributed by atoms with E-state index in [-0.39, 0.29) is 0 Å². The van der Waals surface area contributed by atoms with Crippen LogP contribution < -0.4 is 4.90 Å². The normalized spacial score (nSPS) is 11.2. The Morgan fingerprint density at radius 2 is 0.750 bits per heavy atom. The van der Waals surface area contributed by atoms with Gasteiger partial charge in [-0.25, -0.2) is 0 Å². The van der Waals surface area contributed by atoms with Gasteiger partial charge in [0.15, 0.2) is 0 Å². The number of hydrogen-bond acceptors (Lipinski definition) is 1. The summed E-state index contributed by atoms with van der Waals surface area (Å²) >= 11 is 0. The highest BCUT2D eigenvalue weighted by Gasteiger charge is 2.25. The fourth-order valence-electron chi connectivity index (χ4n) is 8.31. The molecule has 0 bridgehead atoms. The molecule has 0 atom stereocenters. The fraction of sp³-hybridized carbons (Fsp3) is 0. The Kier molecular flexibility index (Phi) is 8.55. The van der Waals surface area contributed by atoms with Crippen LogP contribution >= 0.6 is 0 Å². The van der Waals surface area contributed by atoms with E-state index >= 15 is 0 Å². The SMILES string of the molecule is c1ccc(-c2ccccc2-c2ccc(N(c3ccccc3-c3ccccc3)c3cccc4c3c3ccccc3n4-c3ccccc3)c(-c3ccccc3)c2)cc1. The highest BCUT2D eigenvalue weighted by molar-refractivity contribution is 6.17. The second kappa shape index (κ2) is 14.4. The van der Waals surface area contributed by atoms with Gasteiger partial charge in [-0.15, -0.1) is 0 Å². The van der Waals surface area contributed by atoms with Crippen LogP contribution in [-0.2, 0) is 0 Å². The van der Waals surface area contributed by atoms with Crippen molar-refractivity contribution in [3.8, 4) is 50.2 Å². The number of anilines is 3. The lowest BCUT2D eigenvalue weighted by Crippen LogP contribution is -2.13. The van der Waals surface area contributed by atoms with Gasteiger partial charge in [0.2, 0.25) is 0 Å². The molecule has 0 aliphatic carbocycles. The molecule has 2 heteroatoms. The average molecular weight is 715 g/mol. The first-order valence-corrected chi connectivity index (χ1v) is 19.2. The van der Waals surface area contributed by atoms with Crippen LogP contribution in [-0.4, -0.2) is 4.57 Å². The van der Waals surface area contributed by atoms with Gasteiger partial charge in [0, 0.05) is 27.6 Å². The zero-order valence-corrected chi connectivity index (χ0v) is 30.8. The van der Waals surface area contributed by atoms with Crippen LogP contribution in [0.4, 0.5) is 17.1 Å². The molecule has 10 aromatic rings. The molecule has 0 saturated carbocycles. The maximum Gasteiger partial charge on any atom is 0.0562 e. The predicted molar refractivity (Wildman–Crippen MR) is 237 cm³/mol. The smallest absolute Gasteiger partial charge is 0.0562 e. The molecular formula is C54H38N2. The van der Waals surface area contributed by atoms with E-state index in [0.29, 0.717) is 0 Å². The van der Waals surface area contributed by atoms with Crippen molar-refractivity contribution in [1.29, 1.82) is 0 Å². The molecule has 0 unspecified atom stereocenters. The van der Waals surface area contributed by atoms with Crippen molar-refractivity contribution >= 4 is 38.9 Å². The molecule has 10 rings (SSSR count). The molecule has 1 aromatic heterocycles. The number of hydrogen-bond donors (Lipinski definition) is 0. The van der Waals surface area contributed by atoms with Crippen molar-refractivity contribution < 1.29 is 0 Å². The maximum absolute atomic E-state index is 2.50. The van der Waals surface area contributed by atoms with E-state index in [0.717, 1.165) is 45.0 Å². The van der Waals surface area contributed by atoms with Crippen LogP contribution in [0.2, 0.25) is 0 Å². The third-order valence-corrected chi connectivity index (χ3v) is 10.8. The van der Waals surface area contributed by atoms with Crippen molar-refractivity contribution in [1.82, 2.24) is 4.57 Å². The van der Waals surface area contributed by atoms with Crippen LogP contribution in [0, 0.1) is 0 Å². The summed E-state index contributed by atoms with van der Waals surface area (Å²) in [4.78, 5) is 2.50. The number of para-hydroxylation sites is 3. The maximum atomic E-state index is 2.50. The Morgan fingerprint density at radius 1 is 0.286 bits per heavy atom. The summed E-state index contributed by atoms with van der Waals surface area (Å²) in [5.74, 6) is 0. The van der Waals surface area contributed by atoms with Gasteiger partial charge in [-0.2, -0.15) is 0 Å². The van der Waals surface area contributed by atoms with Crippen molar-refractivity contribution in [3.63, 3.8) is 0 Å². The number of nitrogens with zero attached hydrogens (tertiary/aromatic N) is 2. The minimum atomic E-state index is 1.10. The van der Waals surface area contributed by atoms with E-state index in [1.54, 1.807) is 0 Å². The zero-order valence-electron chi connectivity index (χ0n) is 30.8. The van der Waals surface area contributed by atoms with Crippen LogP contribution in [0.3, 0.4) is 0 Å². The Bertz CT molecular complexity index is 2950. The first-order valence-electron chi connectivity index (χ1n) is 19.2. The molecule has 1 heterocycles. The molecule has 0 spiro atoms. The largest absolute Gasteiger partial charge is 0.309 e. The first kappa shape index (κ1) is 33.2. The molecule has 0 aliphatic rings. The molecule has 264 valence electrons. The van der Waals surface area contributed by atoms with Crippen LogP contribution in [0.15, 0.2) is 231 Å². The van der Waals surface area contributed by atoms with Gasteiger partial charge in [0.05, 0.1) is 28.1 Å². The summed E-state index contributed by atoms with van der Waals surface area (Å²) in [6.07, 6.45) is 0. The van der Waals surface area contributed by atoms with Crippen molar-refractivity contribution in [3.05, 3.63) is 231 Å². The van der Waals surface area contributed by atoms with Crippen LogP contribution in [0.5, 0.6) is 0 Å². The number of rotatable bonds is 8. The van der Waals surface area contributed by atoms with E-state index in [9.17, 15) is 0 Å². The van der Waals surface area contributed by atoms with Gasteiger partial charge in [-0.3, -0.25) is 0 Å². The molecule has 0 radical (unpaired) electrons. The topological polar surface area (TPSA) is 8.17 Å². The summed E-state index contributed by atoms with van der Waals surface area (Å²) in [7, 11) is 0. The Labute approximate surface area is 327 Å². The van der Waals surface area contributed by atoms with E-state index in [1.165, 1.54) is 44.1 Å². The predicted octanol–water partition coefficient (Wildman–Crippen LogP) is 14.9. The third kappa shape index (κ3) is 5.85. The van der Waals surface area contributed by atoms with Crippen molar-refractivity contribution in [2.45, 2.75) is 0 Å². The second-order valence-corrected chi connectivity index (χ2v) is 14.1. The number of benzene rings is 9. The molecular weight excluding hydrogens is 677 g/mol. The standard InChI is InChI=1S/C54H38N2/c1-5-20-39(21-6-1)44-28-13-14-29-45(44)42-36-37-51(48(38-42)41-24-9-3-10-25-41)56(49-32-17-15-30-46(49)40-22-7-2-8-23-40)53-35-19-34-52-54(53)47-31-16-18-33-50(47)55(52)43-26-11-4-12-27-43/h1-38H. The summed E-state index contributed by atoms with van der Waals surface area (Å²) < 4.78 is 2.40. The molecule has 56 heavy (non-hydrogen) atoms. The summed E-state index contributed by atoms with van der Waals surface area (Å²) in [5, 5.41) is 2.41. The van der Waals surface area contributed by atoms with E-state index < -0.39 is 0 Å². The highest BCUT2D eigenvalue weighted by atomic mass is 15.2. The third-order valence-electron chi connectivity index (χ3n) is 10.8. The minimum absolute atomic E-state index is 1.10. The first-order chi connectivity index (χ1) is 27.8. The molecule has 0 saturated heterocycles. The summed E-state index contributed by atoms with van der Waals surface area (Å²) in [5.41, 5.74) is 16.2. The number of fused-ring (bicyclic) bond motifs is 3. The van der Waals surface area contributed by atoms with Crippen molar-refractivity contribution in [2.24, 2.45) is 0 Å². The fourth-order valence-corrected chi connectivity index (χ4v) is 8.31. The second-order valence-electron chi connectivity index (χ2n) is 14.1. The monoisotopic (exact) mass is 714 g/mol. The highest BCUT2D eigenvalue weighted by Crippen LogP contribution is 2.49. The van der Waals surface area contributed by atoms with Crippen molar-refractivity contribution in [2.75, 3.05) is 4.90 Å². The van der Waals surface area contributed by atoms with Gasteiger partial charge < -0.3 is 9.47 Å². The molecule has 9 aromatic carbocycles. The summed E-state index contributed by atoms with van der Waals surface area (Å²) in [6, 6.07) is 83.1. The lowest BCUT2D eigenvalue weighted by molar-refractivity contribution is 1.18. The Hall–Kier alpha value is -7.42. The van der Waals surface area contributed by atoms with E-state index in [4.69, 9.17) is 0 Å². The van der Waals surface area contributed by atoms with Gasteiger partial charge in [-0.1, -0.05) is 182 Å². The Morgan fingerprint density at radius 3 is 1.43 bits per heavy atom. The Balaban J connectivity index is 1.30. The quantitative estimate of drug-likeness (QED) is 0.152. The van der Waals surface area contributed by atoms with Crippen LogP contribution in [0.25, 0.3) is 72.0 Å². The molecule has 0 fully saturated rings. The molecule has 0 aliphatic heterocycles. The van der Waals surface area contributed by atoms with E-state index in [1.807, 2.05) is 0 Å². The lowest BCUT2D eigenvalue weighted by Gasteiger charge is -2.31. The van der Waals surface area contributed by atoms with Gasteiger partial charge in [0.1, 0.15) is 0 Å². The summed E-state index contributed by atoms with van der Waals surface area (Å²) in [6.45, 7) is 0. The van der Waals surface area contributed by atoms with Gasteiger partial charge >= 0.3 is 0 Å². The zero-order chi connectivity index (χ0) is 37.3. The van der Waals surface area contributed by atoms with Crippen LogP contribution in [0.1, 0.15) is 0 Å². The van der Waals surface area contributed by atoms with E-state index in [2.05, 4.69) is 240 Å². The lowest BCUT2D eigenvalue weighted by atomic mass is 9.91. The average Bonchev–Trinajstić information content (AvgIpc) is 3.63. The molecule has 0 amide bonds. The molecule has 0 N–H and O–H groups in total. The van der Waals surface area contributed by atoms with Gasteiger partial charge in [-0.05, 0) is 81.9 Å². The number of aromatic nitrogens is 1. The minimum Gasteiger partial charge on any atom is -0.309 e. The molecule has 2 nitrogen and oxygen atoms in total. The van der Waals surface area contributed by atoms with Gasteiger partial charge in [0.25, 0.3) is 0 Å².